The fourth-order valence-corrected chi connectivity index (χ4v) is 1.86. The van der Waals surface area contributed by atoms with Crippen molar-refractivity contribution in [3.05, 3.63) is 11.6 Å². The summed E-state index contributed by atoms with van der Waals surface area (Å²) in [6, 6.07) is 1.44. The first-order valence-electron chi connectivity index (χ1n) is 6.19. The van der Waals surface area contributed by atoms with Gasteiger partial charge in [0.15, 0.2) is 20.7 Å². The fraction of sp³-hybridized carbons (Fsp3) is 0.667. The second kappa shape index (κ2) is 6.47. The molecule has 0 unspecified atom stereocenters. The summed E-state index contributed by atoms with van der Waals surface area (Å²) in [5.74, 6) is 0.413. The van der Waals surface area contributed by atoms with E-state index >= 15 is 0 Å². The Morgan fingerprint density at radius 3 is 2.50 bits per heavy atom. The van der Waals surface area contributed by atoms with Gasteiger partial charge in [0.25, 0.3) is 0 Å². The van der Waals surface area contributed by atoms with Gasteiger partial charge in [0.05, 0.1) is 18.8 Å². The summed E-state index contributed by atoms with van der Waals surface area (Å²) >= 11 is 0. The van der Waals surface area contributed by atoms with Crippen molar-refractivity contribution < 1.29 is 18.3 Å². The molecule has 2 N–H and O–H groups in total. The molecule has 0 aromatic carbocycles. The Balaban J connectivity index is 3.06. The number of ether oxygens (including phenoxy) is 1. The van der Waals surface area contributed by atoms with Crippen LogP contribution < -0.4 is 5.32 Å². The van der Waals surface area contributed by atoms with Gasteiger partial charge in [-0.15, -0.1) is 10.2 Å². The highest BCUT2D eigenvalue weighted by atomic mass is 32.2. The molecule has 0 aliphatic rings. The van der Waals surface area contributed by atoms with Crippen molar-refractivity contribution in [3.8, 4) is 0 Å². The average Bonchev–Trinajstić information content (AvgIpc) is 2.32. The summed E-state index contributed by atoms with van der Waals surface area (Å²) in [5.41, 5.74) is 0.228. The van der Waals surface area contributed by atoms with Crippen LogP contribution in [0.25, 0.3) is 0 Å². The molecule has 0 saturated heterocycles. The van der Waals surface area contributed by atoms with Crippen molar-refractivity contribution in [1.29, 1.82) is 0 Å². The third kappa shape index (κ3) is 5.40. The third-order valence-corrected chi connectivity index (χ3v) is 3.25. The number of hydrogen-bond donors (Lipinski definition) is 2. The molecule has 7 nitrogen and oxygen atoms in total. The van der Waals surface area contributed by atoms with Crippen molar-refractivity contribution in [1.82, 2.24) is 10.2 Å². The van der Waals surface area contributed by atoms with E-state index in [9.17, 15) is 8.42 Å². The predicted octanol–water partition coefficient (Wildman–Crippen LogP) is 0.599. The Morgan fingerprint density at radius 2 is 2.00 bits per heavy atom. The summed E-state index contributed by atoms with van der Waals surface area (Å²) in [6.07, 6.45) is 1.08. The van der Waals surface area contributed by atoms with Gasteiger partial charge in [0, 0.05) is 18.4 Å². The van der Waals surface area contributed by atoms with Crippen LogP contribution >= 0.6 is 0 Å². The van der Waals surface area contributed by atoms with E-state index in [1.165, 1.54) is 6.07 Å². The van der Waals surface area contributed by atoms with Crippen LogP contribution in [0.4, 0.5) is 5.82 Å². The lowest BCUT2D eigenvalue weighted by Gasteiger charge is -2.20. The lowest BCUT2D eigenvalue weighted by Crippen LogP contribution is -2.20. The van der Waals surface area contributed by atoms with Crippen molar-refractivity contribution in [3.63, 3.8) is 0 Å². The number of aromatic nitrogens is 2. The van der Waals surface area contributed by atoms with E-state index in [-0.39, 0.29) is 23.8 Å². The molecule has 20 heavy (non-hydrogen) atoms. The van der Waals surface area contributed by atoms with Crippen LogP contribution in [-0.4, -0.2) is 48.7 Å². The van der Waals surface area contributed by atoms with Gasteiger partial charge in [0.1, 0.15) is 0 Å². The maximum atomic E-state index is 11.5. The quantitative estimate of drug-likeness (QED) is 0.793. The van der Waals surface area contributed by atoms with Crippen molar-refractivity contribution in [2.45, 2.75) is 38.0 Å². The van der Waals surface area contributed by atoms with Crippen molar-refractivity contribution in [2.75, 3.05) is 24.7 Å². The van der Waals surface area contributed by atoms with E-state index in [4.69, 9.17) is 9.84 Å². The summed E-state index contributed by atoms with van der Waals surface area (Å²) in [4.78, 5) is 0. The first-order chi connectivity index (χ1) is 9.13. The second-order valence-electron chi connectivity index (χ2n) is 5.38. The normalized spacial score (nSPS) is 12.4. The highest BCUT2D eigenvalue weighted by Crippen LogP contribution is 2.19. The Kier molecular flexibility index (Phi) is 5.43. The minimum Gasteiger partial charge on any atom is -0.395 e. The molecule has 8 heteroatoms. The van der Waals surface area contributed by atoms with Crippen LogP contribution in [0.1, 0.15) is 26.3 Å². The lowest BCUT2D eigenvalue weighted by atomic mass is 10.2. The smallest absolute Gasteiger partial charge is 0.194 e. The van der Waals surface area contributed by atoms with Gasteiger partial charge in [-0.3, -0.25) is 0 Å². The molecule has 0 fully saturated rings. The summed E-state index contributed by atoms with van der Waals surface area (Å²) in [6.45, 7) is 6.15. The average molecular weight is 303 g/mol. The van der Waals surface area contributed by atoms with E-state index < -0.39 is 9.84 Å². The molecule has 1 heterocycles. The zero-order valence-electron chi connectivity index (χ0n) is 12.2. The molecule has 0 bridgehead atoms. The van der Waals surface area contributed by atoms with Gasteiger partial charge in [0.2, 0.25) is 0 Å². The van der Waals surface area contributed by atoms with E-state index in [1.54, 1.807) is 0 Å². The van der Waals surface area contributed by atoms with E-state index in [1.807, 2.05) is 20.8 Å². The van der Waals surface area contributed by atoms with Crippen LogP contribution in [0, 0.1) is 0 Å². The second-order valence-corrected chi connectivity index (χ2v) is 7.34. The fourth-order valence-electron chi connectivity index (χ4n) is 1.32. The van der Waals surface area contributed by atoms with Gasteiger partial charge in [-0.25, -0.2) is 8.42 Å². The molecular weight excluding hydrogens is 282 g/mol. The summed E-state index contributed by atoms with van der Waals surface area (Å²) < 4.78 is 28.7. The van der Waals surface area contributed by atoms with Gasteiger partial charge in [-0.1, -0.05) is 0 Å². The van der Waals surface area contributed by atoms with Crippen LogP contribution in [0.15, 0.2) is 11.1 Å². The van der Waals surface area contributed by atoms with Crippen LogP contribution in [0.2, 0.25) is 0 Å². The largest absolute Gasteiger partial charge is 0.395 e. The molecule has 1 aromatic heterocycles. The monoisotopic (exact) mass is 303 g/mol. The molecule has 1 aromatic rings. The van der Waals surface area contributed by atoms with E-state index in [0.29, 0.717) is 17.9 Å². The molecule has 0 amide bonds. The molecule has 0 atom stereocenters. The number of hydrogen-bond acceptors (Lipinski definition) is 7. The van der Waals surface area contributed by atoms with Gasteiger partial charge < -0.3 is 15.2 Å². The molecule has 0 saturated carbocycles. The topological polar surface area (TPSA) is 101 Å². The molecule has 0 aliphatic heterocycles. The highest BCUT2D eigenvalue weighted by Gasteiger charge is 2.17. The summed E-state index contributed by atoms with van der Waals surface area (Å²) in [7, 11) is -3.42. The number of aliphatic hydroxyl groups excluding tert-OH is 1. The van der Waals surface area contributed by atoms with Gasteiger partial charge in [-0.05, 0) is 26.8 Å². The minimum absolute atomic E-state index is 0.0604. The number of aliphatic hydroxyl groups is 1. The van der Waals surface area contributed by atoms with Crippen LogP contribution in [-0.2, 0) is 21.2 Å². The molecule has 0 radical (unpaired) electrons. The number of nitrogens with zero attached hydrogens (tertiary/aromatic N) is 2. The predicted molar refractivity (Wildman–Crippen MR) is 75.3 cm³/mol. The van der Waals surface area contributed by atoms with Crippen LogP contribution in [0.3, 0.4) is 0 Å². The standard InChI is InChI=1S/C12H21N3O4S/c1-12(2,3)19-8-9-7-10(20(4,17)18)14-15-11(9)13-5-6-16/h7,16H,5-6,8H2,1-4H3,(H,13,15). The first kappa shape index (κ1) is 16.8. The number of anilines is 1. The zero-order chi connectivity index (χ0) is 15.4. The zero-order valence-corrected chi connectivity index (χ0v) is 13.0. The Bertz CT molecular complexity index is 552. The molecule has 0 aliphatic carbocycles. The lowest BCUT2D eigenvalue weighted by molar-refractivity contribution is -0.0149. The maximum Gasteiger partial charge on any atom is 0.194 e. The minimum atomic E-state index is -3.42. The first-order valence-corrected chi connectivity index (χ1v) is 8.08. The molecule has 114 valence electrons. The number of rotatable bonds is 6. The third-order valence-electron chi connectivity index (χ3n) is 2.30. The molecular formula is C12H21N3O4S. The summed E-state index contributed by atoms with van der Waals surface area (Å²) in [5, 5.41) is 19.1. The highest BCUT2D eigenvalue weighted by molar-refractivity contribution is 7.90. The SMILES string of the molecule is CC(C)(C)OCc1cc(S(C)(=O)=O)nnc1NCCO. The Hall–Kier alpha value is -1.25. The van der Waals surface area contributed by atoms with Gasteiger partial charge >= 0.3 is 0 Å². The maximum absolute atomic E-state index is 11.5. The van der Waals surface area contributed by atoms with Crippen molar-refractivity contribution in [2.24, 2.45) is 0 Å². The Morgan fingerprint density at radius 1 is 1.35 bits per heavy atom. The van der Waals surface area contributed by atoms with E-state index in [0.717, 1.165) is 6.26 Å². The van der Waals surface area contributed by atoms with Gasteiger partial charge in [-0.2, -0.15) is 0 Å². The molecule has 0 spiro atoms. The van der Waals surface area contributed by atoms with E-state index in [2.05, 4.69) is 15.5 Å². The van der Waals surface area contributed by atoms with Crippen LogP contribution in [0.5, 0.6) is 0 Å². The molecule has 1 rings (SSSR count). The Labute approximate surface area is 119 Å². The number of sulfone groups is 1. The van der Waals surface area contributed by atoms with Crippen molar-refractivity contribution >= 4 is 15.7 Å². The number of nitrogens with one attached hydrogen (secondary N) is 1.